The molecular formula is C13H25N3O3. The Kier molecular flexibility index (Phi) is 4.45. The van der Waals surface area contributed by atoms with Gasteiger partial charge in [0, 0.05) is 18.6 Å². The van der Waals surface area contributed by atoms with E-state index in [2.05, 4.69) is 5.32 Å². The van der Waals surface area contributed by atoms with Crippen molar-refractivity contribution in [3.8, 4) is 0 Å². The van der Waals surface area contributed by atoms with Crippen LogP contribution in [0.25, 0.3) is 0 Å². The summed E-state index contributed by atoms with van der Waals surface area (Å²) in [6, 6.07) is -0.294. The Hall–Kier alpha value is -1.30. The maximum Gasteiger partial charge on any atom is 0.329 e. The monoisotopic (exact) mass is 271 g/mol. The number of nitrogens with zero attached hydrogens (tertiary/aromatic N) is 2. The van der Waals surface area contributed by atoms with Crippen molar-refractivity contribution < 1.29 is 14.7 Å². The molecule has 1 aliphatic heterocycles. The third-order valence-electron chi connectivity index (χ3n) is 4.23. The van der Waals surface area contributed by atoms with Crippen LogP contribution < -0.4 is 5.32 Å². The number of hydrogen-bond acceptors (Lipinski definition) is 3. The molecule has 0 aromatic heterocycles. The fraction of sp³-hybridized carbons (Fsp3) is 0.846. The van der Waals surface area contributed by atoms with Crippen LogP contribution in [0.4, 0.5) is 4.79 Å². The van der Waals surface area contributed by atoms with E-state index in [-0.39, 0.29) is 11.6 Å². The van der Waals surface area contributed by atoms with E-state index in [1.807, 2.05) is 32.8 Å². The van der Waals surface area contributed by atoms with Crippen LogP contribution in [0.5, 0.6) is 0 Å². The molecule has 0 aromatic rings. The van der Waals surface area contributed by atoms with Crippen molar-refractivity contribution in [1.29, 1.82) is 0 Å². The standard InChI is InChI=1S/C13H25N3O3/c1-12(2,15(4)5)9-14-11(19)16-8-6-7-13(16,3)10(17)18/h6-9H2,1-5H3,(H,14,19)(H,17,18). The second kappa shape index (κ2) is 5.36. The van der Waals surface area contributed by atoms with Gasteiger partial charge in [-0.05, 0) is 47.7 Å². The highest BCUT2D eigenvalue weighted by Gasteiger charge is 2.46. The fourth-order valence-corrected chi connectivity index (χ4v) is 2.06. The zero-order chi connectivity index (χ0) is 14.8. The molecule has 6 heteroatoms. The van der Waals surface area contributed by atoms with E-state index in [4.69, 9.17) is 0 Å². The molecule has 1 fully saturated rings. The lowest BCUT2D eigenvalue weighted by atomic mass is 9.99. The molecule has 1 aliphatic rings. The van der Waals surface area contributed by atoms with Crippen molar-refractivity contribution in [3.05, 3.63) is 0 Å². The van der Waals surface area contributed by atoms with Crippen molar-refractivity contribution >= 4 is 12.0 Å². The Balaban J connectivity index is 2.66. The predicted molar refractivity (Wildman–Crippen MR) is 73.1 cm³/mol. The van der Waals surface area contributed by atoms with E-state index in [9.17, 15) is 14.7 Å². The van der Waals surface area contributed by atoms with E-state index in [0.29, 0.717) is 19.5 Å². The number of carboxylic acids is 1. The summed E-state index contributed by atoms with van der Waals surface area (Å²) in [6.07, 6.45) is 1.24. The Morgan fingerprint density at radius 1 is 1.42 bits per heavy atom. The number of carbonyl (C=O) groups excluding carboxylic acids is 1. The van der Waals surface area contributed by atoms with Crippen LogP contribution in [-0.4, -0.2) is 65.2 Å². The summed E-state index contributed by atoms with van der Waals surface area (Å²) in [5.74, 6) is -0.938. The number of carbonyl (C=O) groups is 2. The Morgan fingerprint density at radius 2 is 2.00 bits per heavy atom. The first kappa shape index (κ1) is 15.8. The molecule has 1 atom stereocenters. The van der Waals surface area contributed by atoms with Crippen LogP contribution >= 0.6 is 0 Å². The normalized spacial score (nSPS) is 23.8. The van der Waals surface area contributed by atoms with Crippen molar-refractivity contribution in [1.82, 2.24) is 15.1 Å². The van der Waals surface area contributed by atoms with Gasteiger partial charge in [-0.2, -0.15) is 0 Å². The SMILES string of the molecule is CN(C)C(C)(C)CNC(=O)N1CCCC1(C)C(=O)O. The van der Waals surface area contributed by atoms with E-state index >= 15 is 0 Å². The number of likely N-dealkylation sites (tertiary alicyclic amines) is 1. The predicted octanol–water partition coefficient (Wildman–Crippen LogP) is 0.975. The zero-order valence-electron chi connectivity index (χ0n) is 12.5. The number of aliphatic carboxylic acids is 1. The van der Waals surface area contributed by atoms with E-state index in [0.717, 1.165) is 6.42 Å². The van der Waals surface area contributed by atoms with Gasteiger partial charge in [0.05, 0.1) is 0 Å². The average molecular weight is 271 g/mol. The largest absolute Gasteiger partial charge is 0.480 e. The molecule has 1 saturated heterocycles. The molecule has 0 saturated carbocycles. The third-order valence-corrected chi connectivity index (χ3v) is 4.23. The van der Waals surface area contributed by atoms with Gasteiger partial charge >= 0.3 is 12.0 Å². The number of urea groups is 1. The van der Waals surface area contributed by atoms with Crippen LogP contribution in [0.1, 0.15) is 33.6 Å². The van der Waals surface area contributed by atoms with Crippen molar-refractivity contribution in [2.75, 3.05) is 27.2 Å². The summed E-state index contributed by atoms with van der Waals surface area (Å²) in [4.78, 5) is 26.9. The van der Waals surface area contributed by atoms with Crippen molar-refractivity contribution in [2.24, 2.45) is 0 Å². The molecule has 0 radical (unpaired) electrons. The van der Waals surface area contributed by atoms with Gasteiger partial charge in [-0.15, -0.1) is 0 Å². The smallest absolute Gasteiger partial charge is 0.329 e. The summed E-state index contributed by atoms with van der Waals surface area (Å²) in [7, 11) is 3.90. The Morgan fingerprint density at radius 3 is 2.47 bits per heavy atom. The number of rotatable bonds is 4. The molecule has 2 amide bonds. The lowest BCUT2D eigenvalue weighted by Gasteiger charge is -2.35. The number of likely N-dealkylation sites (N-methyl/N-ethyl adjacent to an activating group) is 1. The summed E-state index contributed by atoms with van der Waals surface area (Å²) < 4.78 is 0. The highest BCUT2D eigenvalue weighted by Crippen LogP contribution is 2.29. The lowest BCUT2D eigenvalue weighted by molar-refractivity contribution is -0.147. The van der Waals surface area contributed by atoms with Crippen molar-refractivity contribution in [3.63, 3.8) is 0 Å². The summed E-state index contributed by atoms with van der Waals surface area (Å²) in [5, 5.41) is 12.1. The topological polar surface area (TPSA) is 72.9 Å². The molecule has 0 aromatic carbocycles. The Labute approximate surface area is 114 Å². The number of carboxylic acid groups (broad SMARTS) is 1. The minimum atomic E-state index is -1.08. The minimum absolute atomic E-state index is 0.172. The molecule has 110 valence electrons. The van der Waals surface area contributed by atoms with Crippen LogP contribution in [-0.2, 0) is 4.79 Å². The quantitative estimate of drug-likeness (QED) is 0.799. The van der Waals surface area contributed by atoms with Crippen LogP contribution in [0.15, 0.2) is 0 Å². The number of amides is 2. The second-order valence-corrected chi connectivity index (χ2v) is 6.20. The molecule has 0 spiro atoms. The van der Waals surface area contributed by atoms with Gasteiger partial charge in [0.25, 0.3) is 0 Å². The van der Waals surface area contributed by atoms with Crippen LogP contribution in [0, 0.1) is 0 Å². The van der Waals surface area contributed by atoms with Gasteiger partial charge < -0.3 is 20.2 Å². The van der Waals surface area contributed by atoms with Gasteiger partial charge in [0.1, 0.15) is 5.54 Å². The van der Waals surface area contributed by atoms with E-state index < -0.39 is 11.5 Å². The second-order valence-electron chi connectivity index (χ2n) is 6.20. The molecule has 6 nitrogen and oxygen atoms in total. The van der Waals surface area contributed by atoms with E-state index in [1.165, 1.54) is 4.90 Å². The molecule has 1 unspecified atom stereocenters. The summed E-state index contributed by atoms with van der Waals surface area (Å²) in [5.41, 5.74) is -1.25. The molecule has 0 aliphatic carbocycles. The Bertz CT molecular complexity index is 368. The molecule has 19 heavy (non-hydrogen) atoms. The average Bonchev–Trinajstić information content (AvgIpc) is 2.69. The van der Waals surface area contributed by atoms with Crippen molar-refractivity contribution in [2.45, 2.75) is 44.7 Å². The molecular weight excluding hydrogens is 246 g/mol. The number of nitrogens with one attached hydrogen (secondary N) is 1. The van der Waals surface area contributed by atoms with Crippen LogP contribution in [0.2, 0.25) is 0 Å². The first-order chi connectivity index (χ1) is 8.61. The highest BCUT2D eigenvalue weighted by molar-refractivity contribution is 5.86. The maximum atomic E-state index is 12.2. The minimum Gasteiger partial charge on any atom is -0.480 e. The van der Waals surface area contributed by atoms with Gasteiger partial charge in [-0.1, -0.05) is 0 Å². The number of hydrogen-bond donors (Lipinski definition) is 2. The summed E-state index contributed by atoms with van der Waals surface area (Å²) in [6.45, 7) is 6.63. The van der Waals surface area contributed by atoms with Gasteiger partial charge in [-0.3, -0.25) is 0 Å². The first-order valence-electron chi connectivity index (χ1n) is 6.57. The molecule has 0 bridgehead atoms. The maximum absolute atomic E-state index is 12.2. The molecule has 1 rings (SSSR count). The fourth-order valence-electron chi connectivity index (χ4n) is 2.06. The van der Waals surface area contributed by atoms with E-state index in [1.54, 1.807) is 6.92 Å². The molecule has 1 heterocycles. The lowest BCUT2D eigenvalue weighted by Crippen LogP contribution is -2.57. The van der Waals surface area contributed by atoms with Gasteiger partial charge in [0.2, 0.25) is 0 Å². The summed E-state index contributed by atoms with van der Waals surface area (Å²) >= 11 is 0. The molecule has 2 N–H and O–H groups in total. The highest BCUT2D eigenvalue weighted by atomic mass is 16.4. The van der Waals surface area contributed by atoms with Gasteiger partial charge in [0.15, 0.2) is 0 Å². The van der Waals surface area contributed by atoms with Crippen LogP contribution in [0.3, 0.4) is 0 Å². The van der Waals surface area contributed by atoms with Gasteiger partial charge in [-0.25, -0.2) is 9.59 Å². The first-order valence-corrected chi connectivity index (χ1v) is 6.57. The zero-order valence-corrected chi connectivity index (χ0v) is 12.5. The third kappa shape index (κ3) is 3.18.